The lowest BCUT2D eigenvalue weighted by molar-refractivity contribution is -0.116. The van der Waals surface area contributed by atoms with Crippen LogP contribution in [0, 0.1) is 5.92 Å². The van der Waals surface area contributed by atoms with Gasteiger partial charge in [-0.25, -0.2) is 0 Å². The topological polar surface area (TPSA) is 58.4 Å². The van der Waals surface area contributed by atoms with Gasteiger partial charge in [0.15, 0.2) is 0 Å². The molecule has 1 aromatic carbocycles. The number of benzene rings is 1. The SMILES string of the molecule is CN(CCC(=O)Nc1ccc(N)cc1Cl)CC1CCC1. The summed E-state index contributed by atoms with van der Waals surface area (Å²) in [6.45, 7) is 1.87. The summed E-state index contributed by atoms with van der Waals surface area (Å²) in [5.74, 6) is 0.812. The van der Waals surface area contributed by atoms with Crippen LogP contribution in [0.1, 0.15) is 25.7 Å². The first-order chi connectivity index (χ1) is 9.54. The molecule has 0 unspecified atom stereocenters. The van der Waals surface area contributed by atoms with Crippen LogP contribution in [-0.4, -0.2) is 30.9 Å². The van der Waals surface area contributed by atoms with E-state index in [2.05, 4.69) is 17.3 Å². The van der Waals surface area contributed by atoms with Crippen LogP contribution in [0.25, 0.3) is 0 Å². The molecule has 4 nitrogen and oxygen atoms in total. The second-order valence-corrected chi connectivity index (χ2v) is 6.00. The summed E-state index contributed by atoms with van der Waals surface area (Å²) in [6.07, 6.45) is 4.49. The fourth-order valence-corrected chi connectivity index (χ4v) is 2.58. The third kappa shape index (κ3) is 4.39. The predicted molar refractivity (Wildman–Crippen MR) is 83.9 cm³/mol. The Morgan fingerprint density at radius 2 is 2.25 bits per heavy atom. The van der Waals surface area contributed by atoms with E-state index >= 15 is 0 Å². The summed E-state index contributed by atoms with van der Waals surface area (Å²) >= 11 is 6.03. The molecule has 0 heterocycles. The van der Waals surface area contributed by atoms with Crippen molar-refractivity contribution in [2.24, 2.45) is 5.92 Å². The summed E-state index contributed by atoms with van der Waals surface area (Å²) < 4.78 is 0. The average molecular weight is 296 g/mol. The molecule has 1 fully saturated rings. The lowest BCUT2D eigenvalue weighted by Crippen LogP contribution is -2.31. The maximum atomic E-state index is 11.9. The molecule has 2 rings (SSSR count). The molecule has 0 radical (unpaired) electrons. The second-order valence-electron chi connectivity index (χ2n) is 5.60. The number of halogens is 1. The third-order valence-electron chi connectivity index (χ3n) is 3.78. The van der Waals surface area contributed by atoms with E-state index in [0.29, 0.717) is 22.8 Å². The van der Waals surface area contributed by atoms with Gasteiger partial charge in [-0.2, -0.15) is 0 Å². The van der Waals surface area contributed by atoms with E-state index in [1.54, 1.807) is 18.2 Å². The second kappa shape index (κ2) is 6.95. The predicted octanol–water partition coefficient (Wildman–Crippen LogP) is 2.98. The maximum Gasteiger partial charge on any atom is 0.225 e. The van der Waals surface area contributed by atoms with Gasteiger partial charge in [0.25, 0.3) is 0 Å². The lowest BCUT2D eigenvalue weighted by atomic mass is 9.85. The van der Waals surface area contributed by atoms with Crippen molar-refractivity contribution in [2.45, 2.75) is 25.7 Å². The van der Waals surface area contributed by atoms with Crippen LogP contribution in [0.5, 0.6) is 0 Å². The molecule has 1 aromatic rings. The molecule has 0 spiro atoms. The van der Waals surface area contributed by atoms with E-state index in [0.717, 1.165) is 19.0 Å². The first-order valence-electron chi connectivity index (χ1n) is 7.08. The Morgan fingerprint density at radius 1 is 1.50 bits per heavy atom. The van der Waals surface area contributed by atoms with Crippen LogP contribution >= 0.6 is 11.6 Å². The van der Waals surface area contributed by atoms with E-state index in [-0.39, 0.29) is 5.91 Å². The molecule has 0 aromatic heterocycles. The molecule has 1 saturated carbocycles. The van der Waals surface area contributed by atoms with E-state index in [1.165, 1.54) is 19.3 Å². The van der Waals surface area contributed by atoms with Crippen molar-refractivity contribution in [1.82, 2.24) is 4.90 Å². The molecular weight excluding hydrogens is 274 g/mol. The number of nitrogens with one attached hydrogen (secondary N) is 1. The van der Waals surface area contributed by atoms with E-state index in [1.807, 2.05) is 0 Å². The largest absolute Gasteiger partial charge is 0.399 e. The Hall–Kier alpha value is -1.26. The van der Waals surface area contributed by atoms with Gasteiger partial charge in [-0.05, 0) is 44.0 Å². The van der Waals surface area contributed by atoms with Gasteiger partial charge >= 0.3 is 0 Å². The Morgan fingerprint density at radius 3 is 2.85 bits per heavy atom. The summed E-state index contributed by atoms with van der Waals surface area (Å²) in [6, 6.07) is 5.09. The number of rotatable bonds is 6. The van der Waals surface area contributed by atoms with Crippen molar-refractivity contribution >= 4 is 28.9 Å². The van der Waals surface area contributed by atoms with Crippen molar-refractivity contribution in [3.05, 3.63) is 23.2 Å². The normalized spacial score (nSPS) is 15.2. The van der Waals surface area contributed by atoms with Crippen LogP contribution in [-0.2, 0) is 4.79 Å². The molecule has 0 aliphatic heterocycles. The molecule has 0 saturated heterocycles. The Labute approximate surface area is 125 Å². The highest BCUT2D eigenvalue weighted by Gasteiger charge is 2.19. The van der Waals surface area contributed by atoms with E-state index in [9.17, 15) is 4.79 Å². The van der Waals surface area contributed by atoms with E-state index < -0.39 is 0 Å². The number of carbonyl (C=O) groups is 1. The Kier molecular flexibility index (Phi) is 5.26. The van der Waals surface area contributed by atoms with E-state index in [4.69, 9.17) is 17.3 Å². The van der Waals surface area contributed by atoms with Crippen molar-refractivity contribution < 1.29 is 4.79 Å². The number of hydrogen-bond acceptors (Lipinski definition) is 3. The van der Waals surface area contributed by atoms with Crippen LogP contribution in [0.3, 0.4) is 0 Å². The van der Waals surface area contributed by atoms with Crippen molar-refractivity contribution in [2.75, 3.05) is 31.2 Å². The molecule has 3 N–H and O–H groups in total. The number of nitrogens with zero attached hydrogens (tertiary/aromatic N) is 1. The fraction of sp³-hybridized carbons (Fsp3) is 0.533. The Balaban J connectivity index is 1.74. The molecule has 1 aliphatic rings. The number of nitrogen functional groups attached to an aromatic ring is 1. The minimum Gasteiger partial charge on any atom is -0.399 e. The lowest BCUT2D eigenvalue weighted by Gasteiger charge is -2.29. The van der Waals surface area contributed by atoms with Crippen LogP contribution < -0.4 is 11.1 Å². The molecule has 1 aliphatic carbocycles. The van der Waals surface area contributed by atoms with Gasteiger partial charge in [-0.1, -0.05) is 18.0 Å². The minimum absolute atomic E-state index is 0.0165. The zero-order valence-corrected chi connectivity index (χ0v) is 12.6. The van der Waals surface area contributed by atoms with Crippen LogP contribution in [0.15, 0.2) is 18.2 Å². The highest BCUT2D eigenvalue weighted by Crippen LogP contribution is 2.27. The first kappa shape index (κ1) is 15.1. The van der Waals surface area contributed by atoms with Gasteiger partial charge in [0, 0.05) is 25.2 Å². The molecule has 20 heavy (non-hydrogen) atoms. The van der Waals surface area contributed by atoms with Crippen molar-refractivity contribution in [3.63, 3.8) is 0 Å². The Bertz CT molecular complexity index is 474. The molecule has 110 valence electrons. The monoisotopic (exact) mass is 295 g/mol. The first-order valence-corrected chi connectivity index (χ1v) is 7.46. The van der Waals surface area contributed by atoms with Gasteiger partial charge in [0.2, 0.25) is 5.91 Å². The van der Waals surface area contributed by atoms with Gasteiger partial charge < -0.3 is 16.0 Å². The van der Waals surface area contributed by atoms with Crippen molar-refractivity contribution in [3.8, 4) is 0 Å². The molecule has 5 heteroatoms. The molecule has 1 amide bonds. The number of nitrogens with two attached hydrogens (primary N) is 1. The fourth-order valence-electron chi connectivity index (χ4n) is 2.35. The number of anilines is 2. The number of hydrogen-bond donors (Lipinski definition) is 2. The standard InChI is InChI=1S/C15H22ClN3O/c1-19(10-11-3-2-4-11)8-7-15(20)18-14-6-5-12(17)9-13(14)16/h5-6,9,11H,2-4,7-8,10,17H2,1H3,(H,18,20). The maximum absolute atomic E-state index is 11.9. The number of amides is 1. The highest BCUT2D eigenvalue weighted by molar-refractivity contribution is 6.34. The summed E-state index contributed by atoms with van der Waals surface area (Å²) in [4.78, 5) is 14.1. The van der Waals surface area contributed by atoms with Crippen LogP contribution in [0.2, 0.25) is 5.02 Å². The number of carbonyl (C=O) groups excluding carboxylic acids is 1. The zero-order valence-electron chi connectivity index (χ0n) is 11.9. The minimum atomic E-state index is -0.0165. The smallest absolute Gasteiger partial charge is 0.225 e. The quantitative estimate of drug-likeness (QED) is 0.793. The third-order valence-corrected chi connectivity index (χ3v) is 4.10. The highest BCUT2D eigenvalue weighted by atomic mass is 35.5. The molecular formula is C15H22ClN3O. The summed E-state index contributed by atoms with van der Waals surface area (Å²) in [5.41, 5.74) is 6.83. The zero-order chi connectivity index (χ0) is 14.5. The average Bonchev–Trinajstić information content (AvgIpc) is 2.35. The molecule has 0 atom stereocenters. The molecule has 0 bridgehead atoms. The van der Waals surface area contributed by atoms with Gasteiger partial charge in [0.1, 0.15) is 0 Å². The van der Waals surface area contributed by atoms with Gasteiger partial charge in [-0.15, -0.1) is 0 Å². The summed E-state index contributed by atoms with van der Waals surface area (Å²) in [5, 5.41) is 3.29. The van der Waals surface area contributed by atoms with Gasteiger partial charge in [-0.3, -0.25) is 4.79 Å². The summed E-state index contributed by atoms with van der Waals surface area (Å²) in [7, 11) is 2.07. The van der Waals surface area contributed by atoms with Crippen molar-refractivity contribution in [1.29, 1.82) is 0 Å². The van der Waals surface area contributed by atoms with Crippen LogP contribution in [0.4, 0.5) is 11.4 Å². The van der Waals surface area contributed by atoms with Gasteiger partial charge in [0.05, 0.1) is 10.7 Å².